The SMILES string of the molecule is COC(F)(F)C(C(F)F)(C(F)F)C(F)(F)F. The van der Waals surface area contributed by atoms with Crippen LogP contribution in [0, 0.1) is 5.41 Å². The summed E-state index contributed by atoms with van der Waals surface area (Å²) in [5.41, 5.74) is -5.84. The van der Waals surface area contributed by atoms with Crippen molar-refractivity contribution < 1.29 is 44.3 Å². The molecule has 0 N–H and O–H groups in total. The Labute approximate surface area is 83.2 Å². The van der Waals surface area contributed by atoms with Gasteiger partial charge in [-0.1, -0.05) is 0 Å². The van der Waals surface area contributed by atoms with Crippen LogP contribution in [0.1, 0.15) is 0 Å². The van der Waals surface area contributed by atoms with E-state index >= 15 is 0 Å². The minimum absolute atomic E-state index is 0.0781. The lowest BCUT2D eigenvalue weighted by Crippen LogP contribution is -2.62. The Hall–Kier alpha value is -0.670. The summed E-state index contributed by atoms with van der Waals surface area (Å²) >= 11 is 0. The molecule has 0 atom stereocenters. The van der Waals surface area contributed by atoms with Crippen LogP contribution in [0.2, 0.25) is 0 Å². The van der Waals surface area contributed by atoms with E-state index in [1.807, 2.05) is 0 Å². The summed E-state index contributed by atoms with van der Waals surface area (Å²) in [6, 6.07) is 0. The van der Waals surface area contributed by atoms with Gasteiger partial charge in [-0.15, -0.1) is 0 Å². The molecule has 0 heterocycles. The Balaban J connectivity index is 5.85. The topological polar surface area (TPSA) is 9.23 Å². The summed E-state index contributed by atoms with van der Waals surface area (Å²) < 4.78 is 112. The van der Waals surface area contributed by atoms with E-state index in [9.17, 15) is 39.5 Å². The second-order valence-electron chi connectivity index (χ2n) is 2.69. The van der Waals surface area contributed by atoms with E-state index in [1.165, 1.54) is 0 Å². The van der Waals surface area contributed by atoms with Gasteiger partial charge in [0.15, 0.2) is 0 Å². The quantitative estimate of drug-likeness (QED) is 0.708. The number of halogens is 9. The number of ether oxygens (including phenoxy) is 1. The van der Waals surface area contributed by atoms with Crippen LogP contribution < -0.4 is 0 Å². The minimum atomic E-state index is -6.53. The van der Waals surface area contributed by atoms with Crippen LogP contribution in [-0.2, 0) is 4.74 Å². The molecule has 0 rings (SSSR count). The molecule has 98 valence electrons. The molecule has 1 nitrogen and oxygen atoms in total. The third kappa shape index (κ3) is 1.94. The lowest BCUT2D eigenvalue weighted by molar-refractivity contribution is -0.429. The minimum Gasteiger partial charge on any atom is -0.323 e. The first-order valence-corrected chi connectivity index (χ1v) is 3.51. The number of methoxy groups -OCH3 is 1. The molecule has 0 saturated heterocycles. The third-order valence-corrected chi connectivity index (χ3v) is 1.90. The van der Waals surface area contributed by atoms with Crippen LogP contribution in [0.25, 0.3) is 0 Å². The average molecular weight is 264 g/mol. The van der Waals surface area contributed by atoms with Crippen LogP contribution in [0.15, 0.2) is 0 Å². The van der Waals surface area contributed by atoms with Crippen LogP contribution in [0.4, 0.5) is 39.5 Å². The Kier molecular flexibility index (Phi) is 4.12. The molecule has 0 amide bonds. The second-order valence-corrected chi connectivity index (χ2v) is 2.69. The molecular formula is C6H5F9O. The first-order valence-electron chi connectivity index (χ1n) is 3.51. The molecule has 16 heavy (non-hydrogen) atoms. The number of hydrogen-bond donors (Lipinski definition) is 0. The summed E-state index contributed by atoms with van der Waals surface area (Å²) in [6.07, 6.45) is -22.4. The highest BCUT2D eigenvalue weighted by Gasteiger charge is 2.81. The van der Waals surface area contributed by atoms with E-state index in [0.717, 1.165) is 0 Å². The molecule has 0 spiro atoms. The molecule has 0 saturated carbocycles. The maximum Gasteiger partial charge on any atom is 0.414 e. The monoisotopic (exact) mass is 264 g/mol. The van der Waals surface area contributed by atoms with Crippen molar-refractivity contribution in [3.05, 3.63) is 0 Å². The van der Waals surface area contributed by atoms with E-state index in [4.69, 9.17) is 0 Å². The van der Waals surface area contributed by atoms with Crippen LogP contribution in [-0.4, -0.2) is 32.2 Å². The summed E-state index contributed by atoms with van der Waals surface area (Å²) in [7, 11) is -0.0781. The van der Waals surface area contributed by atoms with Gasteiger partial charge in [0.1, 0.15) is 0 Å². The van der Waals surface area contributed by atoms with E-state index in [1.54, 1.807) is 0 Å². The van der Waals surface area contributed by atoms with Gasteiger partial charge >= 0.3 is 12.3 Å². The summed E-state index contributed by atoms with van der Waals surface area (Å²) in [5, 5.41) is 0. The van der Waals surface area contributed by atoms with Gasteiger partial charge in [-0.05, 0) is 0 Å². The van der Waals surface area contributed by atoms with Gasteiger partial charge in [0, 0.05) is 7.11 Å². The number of hydrogen-bond acceptors (Lipinski definition) is 1. The van der Waals surface area contributed by atoms with Crippen molar-refractivity contribution in [3.8, 4) is 0 Å². The van der Waals surface area contributed by atoms with Crippen LogP contribution in [0.3, 0.4) is 0 Å². The van der Waals surface area contributed by atoms with Crippen molar-refractivity contribution in [1.29, 1.82) is 0 Å². The van der Waals surface area contributed by atoms with E-state index in [0.29, 0.717) is 0 Å². The summed E-state index contributed by atoms with van der Waals surface area (Å²) in [6.45, 7) is 0. The highest BCUT2D eigenvalue weighted by Crippen LogP contribution is 2.57. The van der Waals surface area contributed by atoms with E-state index < -0.39 is 30.6 Å². The van der Waals surface area contributed by atoms with E-state index in [-0.39, 0.29) is 7.11 Å². The second kappa shape index (κ2) is 4.30. The average Bonchev–Trinajstić information content (AvgIpc) is 1.99. The lowest BCUT2D eigenvalue weighted by atomic mass is 9.86. The lowest BCUT2D eigenvalue weighted by Gasteiger charge is -2.38. The summed E-state index contributed by atoms with van der Waals surface area (Å²) in [4.78, 5) is 0. The molecule has 0 aromatic carbocycles. The van der Waals surface area contributed by atoms with Gasteiger partial charge in [0.25, 0.3) is 18.3 Å². The molecule has 10 heteroatoms. The predicted octanol–water partition coefficient (Wildman–Crippen LogP) is 3.30. The molecule has 0 unspecified atom stereocenters. The van der Waals surface area contributed by atoms with Gasteiger partial charge in [-0.3, -0.25) is 0 Å². The zero-order valence-electron chi connectivity index (χ0n) is 7.46. The van der Waals surface area contributed by atoms with Crippen molar-refractivity contribution in [1.82, 2.24) is 0 Å². The predicted molar refractivity (Wildman–Crippen MR) is 32.5 cm³/mol. The third-order valence-electron chi connectivity index (χ3n) is 1.90. The van der Waals surface area contributed by atoms with Gasteiger partial charge in [0.05, 0.1) is 0 Å². The fourth-order valence-corrected chi connectivity index (χ4v) is 0.931. The maximum absolute atomic E-state index is 12.6. The standard InChI is InChI=1S/C6H5F9O/c1-16-6(14,15)4(2(7)8,3(9)10)5(11,12)13/h2-3H,1H3. The highest BCUT2D eigenvalue weighted by atomic mass is 19.4. The Morgan fingerprint density at radius 3 is 1.19 bits per heavy atom. The first-order chi connectivity index (χ1) is 6.95. The molecule has 0 aromatic rings. The first kappa shape index (κ1) is 15.3. The molecule has 0 aliphatic heterocycles. The van der Waals surface area contributed by atoms with Crippen molar-refractivity contribution in [3.63, 3.8) is 0 Å². The maximum atomic E-state index is 12.6. The largest absolute Gasteiger partial charge is 0.414 e. The van der Waals surface area contributed by atoms with Gasteiger partial charge in [-0.25, -0.2) is 17.6 Å². The van der Waals surface area contributed by atoms with Crippen LogP contribution >= 0.6 is 0 Å². The highest BCUT2D eigenvalue weighted by molar-refractivity contribution is 4.98. The molecule has 0 aliphatic rings. The smallest absolute Gasteiger partial charge is 0.323 e. The Bertz CT molecular complexity index is 225. The molecule has 0 bridgehead atoms. The van der Waals surface area contributed by atoms with Crippen molar-refractivity contribution >= 4 is 0 Å². The molecular weight excluding hydrogens is 259 g/mol. The van der Waals surface area contributed by atoms with Crippen molar-refractivity contribution in [2.24, 2.45) is 5.41 Å². The van der Waals surface area contributed by atoms with Crippen LogP contribution in [0.5, 0.6) is 0 Å². The van der Waals surface area contributed by atoms with Gasteiger partial charge in [0.2, 0.25) is 0 Å². The van der Waals surface area contributed by atoms with E-state index in [2.05, 4.69) is 4.74 Å². The Morgan fingerprint density at radius 2 is 1.12 bits per heavy atom. The number of rotatable bonds is 4. The molecule has 0 fully saturated rings. The van der Waals surface area contributed by atoms with Gasteiger partial charge < -0.3 is 4.74 Å². The fourth-order valence-electron chi connectivity index (χ4n) is 0.931. The normalized spacial score (nSPS) is 15.0. The zero-order valence-corrected chi connectivity index (χ0v) is 7.46. The summed E-state index contributed by atoms with van der Waals surface area (Å²) in [5.74, 6) is 0. The molecule has 0 aliphatic carbocycles. The molecule has 0 radical (unpaired) electrons. The zero-order chi connectivity index (χ0) is 13.4. The van der Waals surface area contributed by atoms with Crippen molar-refractivity contribution in [2.75, 3.05) is 7.11 Å². The number of alkyl halides is 9. The van der Waals surface area contributed by atoms with Gasteiger partial charge in [-0.2, -0.15) is 22.0 Å². The Morgan fingerprint density at radius 1 is 0.812 bits per heavy atom. The fraction of sp³-hybridized carbons (Fsp3) is 1.00. The molecule has 0 aromatic heterocycles. The van der Waals surface area contributed by atoms with Crippen molar-refractivity contribution in [2.45, 2.75) is 25.1 Å².